The lowest BCUT2D eigenvalue weighted by Crippen LogP contribution is -1.58. The van der Waals surface area contributed by atoms with Crippen LogP contribution in [0.15, 0.2) is 23.8 Å². The summed E-state index contributed by atoms with van der Waals surface area (Å²) in [7, 11) is -4.42. The van der Waals surface area contributed by atoms with E-state index < -0.39 is 16.1 Å². The van der Waals surface area contributed by atoms with Crippen molar-refractivity contribution in [1.82, 2.24) is 0 Å². The lowest BCUT2D eigenvalue weighted by Gasteiger charge is -1.93. The first kappa shape index (κ1) is 10.9. The molecule has 11 heavy (non-hydrogen) atoms. The summed E-state index contributed by atoms with van der Waals surface area (Å²) in [6.07, 6.45) is 3.23. The Morgan fingerprint density at radius 3 is 1.64 bits per heavy atom. The van der Waals surface area contributed by atoms with Crippen LogP contribution in [0.1, 0.15) is 13.8 Å². The summed E-state index contributed by atoms with van der Waals surface area (Å²) in [5.74, 6) is 2.83. The minimum Gasteiger partial charge on any atom is -0.291 e. The second-order valence-electron chi connectivity index (χ2n) is 1.74. The van der Waals surface area contributed by atoms with E-state index in [-0.39, 0.29) is 0 Å². The Hall–Kier alpha value is -0.100. The Labute approximate surface area is 67.9 Å². The molecule has 0 bridgehead atoms. The number of hydrogen-bond donors (Lipinski definition) is 0. The maximum absolute atomic E-state index is 10.8. The van der Waals surface area contributed by atoms with E-state index in [0.717, 1.165) is 0 Å². The van der Waals surface area contributed by atoms with Crippen molar-refractivity contribution in [2.45, 2.75) is 13.8 Å². The molecule has 0 aliphatic rings. The topological polar surface area (TPSA) is 43.4 Å². The summed E-state index contributed by atoms with van der Waals surface area (Å²) >= 11 is 0. The Balaban J connectivity index is 3.85. The fraction of sp³-hybridized carbons (Fsp3) is 0.333. The Bertz CT molecular complexity index is 186. The molecule has 2 atom stereocenters. The standard InChI is InChI=1S/C6H12O3P2/c1-3-5-10(7)9-11(8)6-4-2/h3-6,10-11H,1-2H3. The highest BCUT2D eigenvalue weighted by Gasteiger charge is 1.96. The minimum atomic E-state index is -2.21. The zero-order chi connectivity index (χ0) is 8.69. The second-order valence-corrected chi connectivity index (χ2v) is 4.50. The quantitative estimate of drug-likeness (QED) is 0.646. The minimum absolute atomic E-state index is 1.41. The smallest absolute Gasteiger partial charge is 0.218 e. The van der Waals surface area contributed by atoms with E-state index in [1.807, 2.05) is 0 Å². The first-order valence-electron chi connectivity index (χ1n) is 3.22. The largest absolute Gasteiger partial charge is 0.291 e. The first-order chi connectivity index (χ1) is 5.20. The van der Waals surface area contributed by atoms with Gasteiger partial charge in [-0.15, -0.1) is 0 Å². The predicted octanol–water partition coefficient (Wildman–Crippen LogP) is 3.02. The van der Waals surface area contributed by atoms with Crippen molar-refractivity contribution >= 4 is 16.1 Å². The van der Waals surface area contributed by atoms with E-state index in [2.05, 4.69) is 4.31 Å². The molecule has 0 aromatic rings. The van der Waals surface area contributed by atoms with Gasteiger partial charge in [0.05, 0.1) is 0 Å². The van der Waals surface area contributed by atoms with E-state index >= 15 is 0 Å². The van der Waals surface area contributed by atoms with E-state index in [0.29, 0.717) is 0 Å². The maximum atomic E-state index is 10.8. The molecule has 0 aromatic carbocycles. The average molecular weight is 194 g/mol. The first-order valence-corrected chi connectivity index (χ1v) is 6.00. The van der Waals surface area contributed by atoms with Crippen LogP contribution in [-0.2, 0) is 13.4 Å². The summed E-state index contributed by atoms with van der Waals surface area (Å²) in [6.45, 7) is 3.47. The van der Waals surface area contributed by atoms with Gasteiger partial charge >= 0.3 is 0 Å². The van der Waals surface area contributed by atoms with Crippen LogP contribution in [-0.4, -0.2) is 0 Å². The predicted molar refractivity (Wildman–Crippen MR) is 48.7 cm³/mol. The third-order valence-corrected chi connectivity index (χ3v) is 3.63. The van der Waals surface area contributed by atoms with E-state index in [4.69, 9.17) is 0 Å². The normalized spacial score (nSPS) is 17.6. The van der Waals surface area contributed by atoms with Gasteiger partial charge in [-0.05, 0) is 25.5 Å². The van der Waals surface area contributed by atoms with Crippen LogP contribution in [0, 0.1) is 0 Å². The monoisotopic (exact) mass is 194 g/mol. The molecular formula is C6H12O3P2. The van der Waals surface area contributed by atoms with E-state index in [1.165, 1.54) is 11.6 Å². The van der Waals surface area contributed by atoms with Crippen LogP contribution in [0.3, 0.4) is 0 Å². The van der Waals surface area contributed by atoms with Crippen LogP contribution in [0.4, 0.5) is 0 Å². The molecule has 0 saturated heterocycles. The Morgan fingerprint density at radius 1 is 1.00 bits per heavy atom. The lowest BCUT2D eigenvalue weighted by molar-refractivity contribution is 0.500. The van der Waals surface area contributed by atoms with Gasteiger partial charge in [-0.3, -0.25) is 13.4 Å². The van der Waals surface area contributed by atoms with Gasteiger partial charge in [-0.1, -0.05) is 12.2 Å². The molecule has 5 heteroatoms. The highest BCUT2D eigenvalue weighted by Crippen LogP contribution is 2.39. The van der Waals surface area contributed by atoms with Crippen LogP contribution >= 0.6 is 16.1 Å². The molecule has 0 heterocycles. The SMILES string of the molecule is CC=C[PH](=O)O[PH](=O)C=CC. The third-order valence-electron chi connectivity index (χ3n) is 0.807. The van der Waals surface area contributed by atoms with Crippen LogP contribution in [0.25, 0.3) is 0 Å². The molecule has 0 aliphatic heterocycles. The van der Waals surface area contributed by atoms with Gasteiger partial charge < -0.3 is 0 Å². The summed E-state index contributed by atoms with van der Waals surface area (Å²) in [6, 6.07) is 0. The van der Waals surface area contributed by atoms with Gasteiger partial charge in [0.2, 0.25) is 16.1 Å². The molecule has 0 radical (unpaired) electrons. The Kier molecular flexibility index (Phi) is 6.54. The summed E-state index contributed by atoms with van der Waals surface area (Å²) in [5, 5.41) is 0. The second kappa shape index (κ2) is 6.60. The molecule has 0 saturated carbocycles. The van der Waals surface area contributed by atoms with Crippen molar-refractivity contribution in [1.29, 1.82) is 0 Å². The fourth-order valence-electron chi connectivity index (χ4n) is 0.439. The van der Waals surface area contributed by atoms with E-state index in [9.17, 15) is 9.13 Å². The maximum Gasteiger partial charge on any atom is 0.218 e. The van der Waals surface area contributed by atoms with Crippen molar-refractivity contribution in [2.24, 2.45) is 0 Å². The van der Waals surface area contributed by atoms with E-state index in [1.54, 1.807) is 26.0 Å². The molecule has 64 valence electrons. The number of hydrogen-bond acceptors (Lipinski definition) is 3. The summed E-state index contributed by atoms with van der Waals surface area (Å²) in [5.41, 5.74) is 0. The zero-order valence-electron chi connectivity index (χ0n) is 6.53. The van der Waals surface area contributed by atoms with Gasteiger partial charge in [0, 0.05) is 0 Å². The molecule has 2 unspecified atom stereocenters. The van der Waals surface area contributed by atoms with Gasteiger partial charge in [0.1, 0.15) is 0 Å². The summed E-state index contributed by atoms with van der Waals surface area (Å²) < 4.78 is 26.2. The van der Waals surface area contributed by atoms with Crippen molar-refractivity contribution in [2.75, 3.05) is 0 Å². The highest BCUT2D eigenvalue weighted by molar-refractivity contribution is 7.56. The third kappa shape index (κ3) is 6.30. The molecule has 0 fully saturated rings. The molecule has 0 amide bonds. The Morgan fingerprint density at radius 2 is 1.36 bits per heavy atom. The van der Waals surface area contributed by atoms with Crippen molar-refractivity contribution in [3.8, 4) is 0 Å². The van der Waals surface area contributed by atoms with Crippen molar-refractivity contribution < 1.29 is 13.4 Å². The van der Waals surface area contributed by atoms with Gasteiger partial charge in [0.25, 0.3) is 0 Å². The summed E-state index contributed by atoms with van der Waals surface area (Å²) in [4.78, 5) is 0. The van der Waals surface area contributed by atoms with Gasteiger partial charge in [0.15, 0.2) is 0 Å². The lowest BCUT2D eigenvalue weighted by atomic mass is 10.8. The number of rotatable bonds is 4. The zero-order valence-corrected chi connectivity index (χ0v) is 8.53. The molecular weight excluding hydrogens is 182 g/mol. The molecule has 3 nitrogen and oxygen atoms in total. The van der Waals surface area contributed by atoms with Crippen molar-refractivity contribution in [3.63, 3.8) is 0 Å². The van der Waals surface area contributed by atoms with Crippen LogP contribution < -0.4 is 0 Å². The van der Waals surface area contributed by atoms with Gasteiger partial charge in [-0.25, -0.2) is 0 Å². The average Bonchev–Trinajstić information content (AvgIpc) is 1.87. The molecule has 0 spiro atoms. The fourth-order valence-corrected chi connectivity index (χ4v) is 2.32. The molecule has 0 rings (SSSR count). The molecule has 0 N–H and O–H groups in total. The molecule has 0 aliphatic carbocycles. The van der Waals surface area contributed by atoms with Gasteiger partial charge in [-0.2, -0.15) is 0 Å². The number of allylic oxidation sites excluding steroid dienone is 2. The highest BCUT2D eigenvalue weighted by atomic mass is 31.2. The van der Waals surface area contributed by atoms with Crippen molar-refractivity contribution in [3.05, 3.63) is 23.8 Å². The van der Waals surface area contributed by atoms with Crippen LogP contribution in [0.5, 0.6) is 0 Å². The molecule has 0 aromatic heterocycles. The van der Waals surface area contributed by atoms with Crippen LogP contribution in [0.2, 0.25) is 0 Å².